The average molecular weight is 487 g/mol. The summed E-state index contributed by atoms with van der Waals surface area (Å²) in [5.41, 5.74) is 2.36. The number of piperazine rings is 1. The van der Waals surface area contributed by atoms with E-state index in [1.165, 1.54) is 9.21 Å². The molecule has 0 atom stereocenters. The Bertz CT molecular complexity index is 1300. The highest BCUT2D eigenvalue weighted by molar-refractivity contribution is 7.88. The number of nitrogens with zero attached hydrogens (tertiary/aromatic N) is 6. The number of hydrogen-bond acceptors (Lipinski definition) is 8. The van der Waals surface area contributed by atoms with Crippen LogP contribution >= 0.6 is 0 Å². The van der Waals surface area contributed by atoms with Crippen LogP contribution in [0.2, 0.25) is 0 Å². The lowest BCUT2D eigenvalue weighted by Gasteiger charge is -2.33. The van der Waals surface area contributed by atoms with Crippen LogP contribution in [0.5, 0.6) is 0 Å². The Labute approximate surface area is 197 Å². The molecule has 34 heavy (non-hydrogen) atoms. The Morgan fingerprint density at radius 2 is 1.74 bits per heavy atom. The van der Waals surface area contributed by atoms with Crippen molar-refractivity contribution in [3.8, 4) is 0 Å². The molecule has 0 radical (unpaired) electrons. The van der Waals surface area contributed by atoms with Crippen LogP contribution in [-0.4, -0.2) is 81.9 Å². The minimum Gasteiger partial charge on any atom is -0.455 e. The molecule has 0 spiro atoms. The summed E-state index contributed by atoms with van der Waals surface area (Å²) < 4.78 is 33.4. The highest BCUT2D eigenvalue weighted by Gasteiger charge is 2.29. The van der Waals surface area contributed by atoms with Crippen molar-refractivity contribution in [1.82, 2.24) is 28.8 Å². The SMILES string of the molecule is Cc1cc(C)n2nc(CC(=O)OCC(=O)N3CCN(S(=O)(=O)Cc4ccccc4)CC3)nc2n1. The van der Waals surface area contributed by atoms with Crippen molar-refractivity contribution in [2.24, 2.45) is 0 Å². The lowest BCUT2D eigenvalue weighted by Crippen LogP contribution is -2.51. The van der Waals surface area contributed by atoms with Crippen molar-refractivity contribution in [2.75, 3.05) is 32.8 Å². The molecule has 11 nitrogen and oxygen atoms in total. The van der Waals surface area contributed by atoms with Crippen molar-refractivity contribution in [3.63, 3.8) is 0 Å². The van der Waals surface area contributed by atoms with Crippen molar-refractivity contribution in [2.45, 2.75) is 26.0 Å². The van der Waals surface area contributed by atoms with Gasteiger partial charge in [0.1, 0.15) is 6.42 Å². The normalized spacial score (nSPS) is 14.9. The largest absolute Gasteiger partial charge is 0.455 e. The van der Waals surface area contributed by atoms with Crippen LogP contribution in [-0.2, 0) is 36.5 Å². The fourth-order valence-corrected chi connectivity index (χ4v) is 5.30. The molecule has 0 N–H and O–H groups in total. The summed E-state index contributed by atoms with van der Waals surface area (Å²) in [6, 6.07) is 10.8. The molecule has 0 unspecified atom stereocenters. The van der Waals surface area contributed by atoms with Crippen LogP contribution in [0.15, 0.2) is 36.4 Å². The van der Waals surface area contributed by atoms with Gasteiger partial charge in [-0.1, -0.05) is 30.3 Å². The van der Waals surface area contributed by atoms with E-state index < -0.39 is 22.6 Å². The van der Waals surface area contributed by atoms with Gasteiger partial charge in [-0.2, -0.15) is 9.29 Å². The third-order valence-electron chi connectivity index (χ3n) is 5.50. The van der Waals surface area contributed by atoms with Crippen LogP contribution in [0.25, 0.3) is 5.78 Å². The summed E-state index contributed by atoms with van der Waals surface area (Å²) in [6.07, 6.45) is -0.180. The molecule has 1 aliphatic heterocycles. The van der Waals surface area contributed by atoms with Gasteiger partial charge in [-0.15, -0.1) is 5.10 Å². The number of carbonyl (C=O) groups excluding carboxylic acids is 2. The number of esters is 1. The first-order valence-electron chi connectivity index (χ1n) is 10.9. The van der Waals surface area contributed by atoms with E-state index in [9.17, 15) is 18.0 Å². The third kappa shape index (κ3) is 5.57. The van der Waals surface area contributed by atoms with Gasteiger partial charge < -0.3 is 9.64 Å². The first-order valence-corrected chi connectivity index (χ1v) is 12.5. The van der Waals surface area contributed by atoms with Gasteiger partial charge in [-0.05, 0) is 25.5 Å². The Hall–Kier alpha value is -3.38. The van der Waals surface area contributed by atoms with E-state index >= 15 is 0 Å². The zero-order valence-electron chi connectivity index (χ0n) is 19.0. The van der Waals surface area contributed by atoms with Crippen molar-refractivity contribution in [1.29, 1.82) is 0 Å². The summed E-state index contributed by atoms with van der Waals surface area (Å²) >= 11 is 0. The first kappa shape index (κ1) is 23.8. The second kappa shape index (κ2) is 9.85. The monoisotopic (exact) mass is 486 g/mol. The quantitative estimate of drug-likeness (QED) is 0.442. The van der Waals surface area contributed by atoms with E-state index in [2.05, 4.69) is 15.1 Å². The lowest BCUT2D eigenvalue weighted by atomic mass is 10.2. The maximum Gasteiger partial charge on any atom is 0.314 e. The van der Waals surface area contributed by atoms with Crippen LogP contribution in [0.3, 0.4) is 0 Å². The highest BCUT2D eigenvalue weighted by atomic mass is 32.2. The van der Waals surface area contributed by atoms with Crippen molar-refractivity contribution < 1.29 is 22.7 Å². The van der Waals surface area contributed by atoms with E-state index in [1.54, 1.807) is 28.8 Å². The topological polar surface area (TPSA) is 127 Å². The smallest absolute Gasteiger partial charge is 0.314 e. The molecule has 0 saturated carbocycles. The molecule has 180 valence electrons. The third-order valence-corrected chi connectivity index (χ3v) is 7.35. The number of aryl methyl sites for hydroxylation is 2. The highest BCUT2D eigenvalue weighted by Crippen LogP contribution is 2.14. The minimum absolute atomic E-state index is 0.0783. The number of fused-ring (bicyclic) bond motifs is 1. The predicted molar refractivity (Wildman–Crippen MR) is 122 cm³/mol. The van der Waals surface area contributed by atoms with E-state index in [4.69, 9.17) is 4.74 Å². The van der Waals surface area contributed by atoms with Crippen LogP contribution < -0.4 is 0 Å². The Balaban J connectivity index is 1.25. The van der Waals surface area contributed by atoms with Gasteiger partial charge >= 0.3 is 5.97 Å². The molecule has 2 aromatic heterocycles. The number of aromatic nitrogens is 4. The molecule has 4 rings (SSSR count). The van der Waals surface area contributed by atoms with Gasteiger partial charge in [0, 0.05) is 37.6 Å². The predicted octanol–water partition coefficient (Wildman–Crippen LogP) is 0.501. The molecule has 1 aliphatic rings. The standard InChI is InChI=1S/C22H26N6O5S/c1-16-12-17(2)28-22(23-16)24-19(25-28)13-21(30)33-14-20(29)26-8-10-27(11-9-26)34(31,32)15-18-6-4-3-5-7-18/h3-7,12H,8-11,13-15H2,1-2H3. The Kier molecular flexibility index (Phi) is 6.89. The number of sulfonamides is 1. The molecule has 3 heterocycles. The number of amides is 1. The second-order valence-corrected chi connectivity index (χ2v) is 10.1. The second-order valence-electron chi connectivity index (χ2n) is 8.14. The minimum atomic E-state index is -3.47. The molecular weight excluding hydrogens is 460 g/mol. The molecule has 0 bridgehead atoms. The Morgan fingerprint density at radius 3 is 2.44 bits per heavy atom. The number of hydrogen-bond donors (Lipinski definition) is 0. The zero-order valence-corrected chi connectivity index (χ0v) is 19.9. The molecule has 1 aromatic carbocycles. The summed E-state index contributed by atoms with van der Waals surface area (Å²) in [4.78, 5) is 34.7. The van der Waals surface area contributed by atoms with E-state index in [0.717, 1.165) is 11.4 Å². The van der Waals surface area contributed by atoms with Gasteiger partial charge in [-0.25, -0.2) is 17.9 Å². The molecule has 1 amide bonds. The van der Waals surface area contributed by atoms with Gasteiger partial charge in [0.05, 0.1) is 5.75 Å². The molecular formula is C22H26N6O5S. The van der Waals surface area contributed by atoms with Gasteiger partial charge in [0.25, 0.3) is 11.7 Å². The molecule has 1 fully saturated rings. The number of ether oxygens (including phenoxy) is 1. The lowest BCUT2D eigenvalue weighted by molar-refractivity contribution is -0.152. The van der Waals surface area contributed by atoms with Crippen molar-refractivity contribution >= 4 is 27.7 Å². The van der Waals surface area contributed by atoms with E-state index in [1.807, 2.05) is 26.0 Å². The maximum atomic E-state index is 12.7. The van der Waals surface area contributed by atoms with Gasteiger partial charge in [0.15, 0.2) is 12.4 Å². The molecule has 12 heteroatoms. The summed E-state index contributed by atoms with van der Waals surface area (Å²) in [5, 5.41) is 4.26. The first-order chi connectivity index (χ1) is 16.2. The van der Waals surface area contributed by atoms with Crippen molar-refractivity contribution in [3.05, 3.63) is 59.2 Å². The fourth-order valence-electron chi connectivity index (χ4n) is 3.79. The maximum absolute atomic E-state index is 12.7. The molecule has 3 aromatic rings. The van der Waals surface area contributed by atoms with Crippen LogP contribution in [0.4, 0.5) is 0 Å². The van der Waals surface area contributed by atoms with Crippen LogP contribution in [0, 0.1) is 13.8 Å². The molecule has 1 saturated heterocycles. The van der Waals surface area contributed by atoms with Gasteiger partial charge in [0.2, 0.25) is 10.0 Å². The van der Waals surface area contributed by atoms with Crippen LogP contribution in [0.1, 0.15) is 22.8 Å². The number of benzene rings is 1. The molecule has 0 aliphatic carbocycles. The Morgan fingerprint density at radius 1 is 1.03 bits per heavy atom. The number of carbonyl (C=O) groups is 2. The fraction of sp³-hybridized carbons (Fsp3) is 0.409. The summed E-state index contributed by atoms with van der Waals surface area (Å²) in [6.45, 7) is 4.17. The summed E-state index contributed by atoms with van der Waals surface area (Å²) in [7, 11) is -3.47. The summed E-state index contributed by atoms with van der Waals surface area (Å²) in [5.74, 6) is -0.412. The zero-order chi connectivity index (χ0) is 24.3. The number of rotatable bonds is 7. The van der Waals surface area contributed by atoms with Gasteiger partial charge in [-0.3, -0.25) is 9.59 Å². The van der Waals surface area contributed by atoms with E-state index in [-0.39, 0.29) is 50.1 Å². The van der Waals surface area contributed by atoms with E-state index in [0.29, 0.717) is 11.3 Å². The average Bonchev–Trinajstić information content (AvgIpc) is 3.20.